The summed E-state index contributed by atoms with van der Waals surface area (Å²) in [5.41, 5.74) is 2.73. The molecule has 0 saturated heterocycles. The third kappa shape index (κ3) is 3.74. The summed E-state index contributed by atoms with van der Waals surface area (Å²) >= 11 is 0. The molecule has 0 spiro atoms. The van der Waals surface area contributed by atoms with Crippen molar-refractivity contribution in [3.05, 3.63) is 69.9 Å². The fraction of sp³-hybridized carbons (Fsp3) is 0.176. The van der Waals surface area contributed by atoms with E-state index < -0.39 is 4.92 Å². The number of benzene rings is 1. The Hall–Kier alpha value is -3.42. The van der Waals surface area contributed by atoms with Crippen molar-refractivity contribution in [1.29, 1.82) is 0 Å². The summed E-state index contributed by atoms with van der Waals surface area (Å²) in [6.07, 6.45) is 2.82. The van der Waals surface area contributed by atoms with Crippen molar-refractivity contribution in [2.24, 2.45) is 0 Å². The molecule has 0 aliphatic heterocycles. The van der Waals surface area contributed by atoms with Crippen LogP contribution in [0.3, 0.4) is 0 Å². The molecule has 0 radical (unpaired) electrons. The number of furan rings is 1. The molecule has 3 aromatic rings. The Kier molecular flexibility index (Phi) is 4.60. The summed E-state index contributed by atoms with van der Waals surface area (Å²) in [6, 6.07) is 9.23. The lowest BCUT2D eigenvalue weighted by molar-refractivity contribution is -0.383. The molecular formula is C17H17N5O3. The van der Waals surface area contributed by atoms with Crippen molar-refractivity contribution in [2.45, 2.75) is 20.4 Å². The third-order valence-electron chi connectivity index (χ3n) is 3.78. The summed E-state index contributed by atoms with van der Waals surface area (Å²) in [5, 5.41) is 17.5. The normalized spacial score (nSPS) is 10.5. The van der Waals surface area contributed by atoms with Crippen LogP contribution < -0.4 is 10.6 Å². The van der Waals surface area contributed by atoms with E-state index in [2.05, 4.69) is 20.6 Å². The van der Waals surface area contributed by atoms with E-state index in [4.69, 9.17) is 4.42 Å². The van der Waals surface area contributed by atoms with Crippen LogP contribution in [0, 0.1) is 24.0 Å². The number of aryl methyl sites for hydroxylation is 2. The maximum absolute atomic E-state index is 11.5. The Balaban J connectivity index is 1.89. The number of hydrogen-bond donors (Lipinski definition) is 2. The number of rotatable bonds is 6. The van der Waals surface area contributed by atoms with Gasteiger partial charge in [0.25, 0.3) is 0 Å². The summed E-state index contributed by atoms with van der Waals surface area (Å²) < 4.78 is 5.21. The van der Waals surface area contributed by atoms with Gasteiger partial charge < -0.3 is 15.1 Å². The van der Waals surface area contributed by atoms with E-state index in [-0.39, 0.29) is 23.9 Å². The van der Waals surface area contributed by atoms with Crippen LogP contribution in [0.2, 0.25) is 0 Å². The Labute approximate surface area is 144 Å². The first-order chi connectivity index (χ1) is 12.0. The van der Waals surface area contributed by atoms with Gasteiger partial charge in [0.15, 0.2) is 0 Å². The highest BCUT2D eigenvalue weighted by atomic mass is 16.6. The third-order valence-corrected chi connectivity index (χ3v) is 3.78. The minimum Gasteiger partial charge on any atom is -0.467 e. The maximum Gasteiger partial charge on any atom is 0.353 e. The minimum absolute atomic E-state index is 0.128. The molecule has 0 aliphatic carbocycles. The van der Waals surface area contributed by atoms with Gasteiger partial charge in [-0.15, -0.1) is 0 Å². The molecule has 8 nitrogen and oxygen atoms in total. The van der Waals surface area contributed by atoms with Crippen LogP contribution in [0.5, 0.6) is 0 Å². The molecule has 0 amide bonds. The monoisotopic (exact) mass is 339 g/mol. The van der Waals surface area contributed by atoms with Gasteiger partial charge in [0.2, 0.25) is 11.6 Å². The molecule has 8 heteroatoms. The van der Waals surface area contributed by atoms with E-state index in [9.17, 15) is 10.1 Å². The Morgan fingerprint density at radius 3 is 2.64 bits per heavy atom. The summed E-state index contributed by atoms with van der Waals surface area (Å²) in [5.74, 6) is 0.907. The van der Waals surface area contributed by atoms with Crippen molar-refractivity contribution in [1.82, 2.24) is 9.97 Å². The average molecular weight is 339 g/mol. The number of hydrogen-bond acceptors (Lipinski definition) is 7. The Morgan fingerprint density at radius 2 is 1.96 bits per heavy atom. The van der Waals surface area contributed by atoms with Gasteiger partial charge in [0.05, 0.1) is 17.7 Å². The molecule has 0 saturated carbocycles. The van der Waals surface area contributed by atoms with E-state index in [1.807, 2.05) is 32.0 Å². The van der Waals surface area contributed by atoms with Gasteiger partial charge in [-0.25, -0.2) is 9.97 Å². The molecule has 3 rings (SSSR count). The van der Waals surface area contributed by atoms with Crippen LogP contribution in [-0.4, -0.2) is 14.9 Å². The molecule has 2 N–H and O–H groups in total. The fourth-order valence-electron chi connectivity index (χ4n) is 2.31. The zero-order chi connectivity index (χ0) is 17.8. The highest BCUT2D eigenvalue weighted by Crippen LogP contribution is 2.31. The predicted molar refractivity (Wildman–Crippen MR) is 93.9 cm³/mol. The van der Waals surface area contributed by atoms with Crippen LogP contribution in [0.4, 0.5) is 23.0 Å². The number of nitro groups is 1. The first-order valence-corrected chi connectivity index (χ1v) is 7.64. The first kappa shape index (κ1) is 16.4. The summed E-state index contributed by atoms with van der Waals surface area (Å²) in [7, 11) is 0. The zero-order valence-corrected chi connectivity index (χ0v) is 13.8. The number of aromatic nitrogens is 2. The molecule has 2 heterocycles. The lowest BCUT2D eigenvalue weighted by atomic mass is 10.1. The number of anilines is 3. The van der Waals surface area contributed by atoms with Gasteiger partial charge >= 0.3 is 5.69 Å². The van der Waals surface area contributed by atoms with Gasteiger partial charge in [-0.2, -0.15) is 0 Å². The summed E-state index contributed by atoms with van der Waals surface area (Å²) in [6.45, 7) is 4.27. The van der Waals surface area contributed by atoms with Crippen molar-refractivity contribution in [2.75, 3.05) is 10.6 Å². The SMILES string of the molecule is Cc1ccc(Nc2ncnc(NCc3ccco3)c2[N+](=O)[O-])cc1C. The lowest BCUT2D eigenvalue weighted by Gasteiger charge is -2.10. The zero-order valence-electron chi connectivity index (χ0n) is 13.8. The molecule has 0 aliphatic rings. The van der Waals surface area contributed by atoms with Crippen LogP contribution >= 0.6 is 0 Å². The molecule has 0 unspecified atom stereocenters. The Bertz CT molecular complexity index is 893. The van der Waals surface area contributed by atoms with Gasteiger partial charge in [0.1, 0.15) is 12.1 Å². The Morgan fingerprint density at radius 1 is 1.16 bits per heavy atom. The topological polar surface area (TPSA) is 106 Å². The minimum atomic E-state index is -0.506. The lowest BCUT2D eigenvalue weighted by Crippen LogP contribution is -2.08. The molecule has 128 valence electrons. The molecular weight excluding hydrogens is 322 g/mol. The van der Waals surface area contributed by atoms with E-state index in [1.54, 1.807) is 12.1 Å². The molecule has 2 aromatic heterocycles. The largest absolute Gasteiger partial charge is 0.467 e. The number of nitrogens with zero attached hydrogens (tertiary/aromatic N) is 3. The highest BCUT2D eigenvalue weighted by Gasteiger charge is 2.23. The highest BCUT2D eigenvalue weighted by molar-refractivity contribution is 5.74. The van der Waals surface area contributed by atoms with Crippen molar-refractivity contribution >= 4 is 23.0 Å². The predicted octanol–water partition coefficient (Wildman–Crippen LogP) is 3.95. The van der Waals surface area contributed by atoms with Crippen molar-refractivity contribution in [3.63, 3.8) is 0 Å². The standard InChI is InChI=1S/C17H17N5O3/c1-11-5-6-13(8-12(11)2)21-17-15(22(23)24)16(19-10-20-17)18-9-14-4-3-7-25-14/h3-8,10H,9H2,1-2H3,(H2,18,19,20,21). The van der Waals surface area contributed by atoms with E-state index in [0.717, 1.165) is 16.8 Å². The van der Waals surface area contributed by atoms with Crippen LogP contribution in [0.15, 0.2) is 47.3 Å². The van der Waals surface area contributed by atoms with Crippen molar-refractivity contribution in [3.8, 4) is 0 Å². The molecule has 1 aromatic carbocycles. The molecule has 0 atom stereocenters. The molecule has 0 bridgehead atoms. The molecule has 25 heavy (non-hydrogen) atoms. The second-order valence-electron chi connectivity index (χ2n) is 5.53. The van der Waals surface area contributed by atoms with Gasteiger partial charge in [-0.05, 0) is 49.2 Å². The van der Waals surface area contributed by atoms with Gasteiger partial charge in [-0.3, -0.25) is 10.1 Å². The van der Waals surface area contributed by atoms with E-state index in [1.165, 1.54) is 12.6 Å². The van der Waals surface area contributed by atoms with Crippen LogP contribution in [0.25, 0.3) is 0 Å². The maximum atomic E-state index is 11.5. The second-order valence-corrected chi connectivity index (χ2v) is 5.53. The van der Waals surface area contributed by atoms with Gasteiger partial charge in [0, 0.05) is 5.69 Å². The van der Waals surface area contributed by atoms with E-state index >= 15 is 0 Å². The smallest absolute Gasteiger partial charge is 0.353 e. The summed E-state index contributed by atoms with van der Waals surface area (Å²) in [4.78, 5) is 19.0. The molecule has 0 fully saturated rings. The fourth-order valence-corrected chi connectivity index (χ4v) is 2.31. The quantitative estimate of drug-likeness (QED) is 0.517. The van der Waals surface area contributed by atoms with Crippen molar-refractivity contribution < 1.29 is 9.34 Å². The first-order valence-electron chi connectivity index (χ1n) is 7.64. The van der Waals surface area contributed by atoms with Crippen LogP contribution in [-0.2, 0) is 6.54 Å². The second kappa shape index (κ2) is 7.00. The van der Waals surface area contributed by atoms with Gasteiger partial charge in [-0.1, -0.05) is 6.07 Å². The van der Waals surface area contributed by atoms with E-state index in [0.29, 0.717) is 5.76 Å². The average Bonchev–Trinajstić information content (AvgIpc) is 3.09. The van der Waals surface area contributed by atoms with Crippen LogP contribution in [0.1, 0.15) is 16.9 Å². The number of nitrogens with one attached hydrogen (secondary N) is 2.